The van der Waals surface area contributed by atoms with E-state index >= 15 is 0 Å². The Hall–Kier alpha value is -1.95. The summed E-state index contributed by atoms with van der Waals surface area (Å²) >= 11 is 3.22. The predicted molar refractivity (Wildman–Crippen MR) is 74.5 cm³/mol. The third-order valence-corrected chi connectivity index (χ3v) is 2.97. The fraction of sp³-hybridized carbons (Fsp3) is 0.0769. The number of hydrogen-bond acceptors (Lipinski definition) is 3. The van der Waals surface area contributed by atoms with Crippen molar-refractivity contribution in [3.8, 4) is 0 Å². The smallest absolute Gasteiger partial charge is 0.270 e. The van der Waals surface area contributed by atoms with Crippen molar-refractivity contribution >= 4 is 27.3 Å². The highest BCUT2D eigenvalue weighted by molar-refractivity contribution is 9.10. The zero-order valence-electron chi connectivity index (χ0n) is 9.77. The summed E-state index contributed by atoms with van der Waals surface area (Å²) in [5.41, 5.74) is 1.06. The van der Waals surface area contributed by atoms with Crippen molar-refractivity contribution in [1.82, 2.24) is 0 Å². The first-order valence-corrected chi connectivity index (χ1v) is 6.28. The molecule has 0 heterocycles. The van der Waals surface area contributed by atoms with Gasteiger partial charge in [-0.15, -0.1) is 0 Å². The lowest BCUT2D eigenvalue weighted by Gasteiger charge is -2.07. The maximum absolute atomic E-state index is 13.4. The zero-order chi connectivity index (χ0) is 13.8. The standard InChI is InChI=1S/C13H10BrFN2O2/c14-10-5-9(6-11(7-10)17(18)19)8-16-13-4-2-1-3-12(13)15/h1-7,16H,8H2. The molecule has 0 aromatic heterocycles. The normalized spacial score (nSPS) is 10.2. The van der Waals surface area contributed by atoms with Gasteiger partial charge in [-0.25, -0.2) is 4.39 Å². The summed E-state index contributed by atoms with van der Waals surface area (Å²) in [4.78, 5) is 10.3. The SMILES string of the molecule is O=[N+]([O-])c1cc(Br)cc(CNc2ccccc2F)c1. The summed E-state index contributed by atoms with van der Waals surface area (Å²) in [6.07, 6.45) is 0. The Morgan fingerprint density at radius 1 is 1.26 bits per heavy atom. The highest BCUT2D eigenvalue weighted by Crippen LogP contribution is 2.22. The van der Waals surface area contributed by atoms with E-state index in [0.717, 1.165) is 0 Å². The summed E-state index contributed by atoms with van der Waals surface area (Å²) in [6, 6.07) is 10.9. The van der Waals surface area contributed by atoms with Crippen LogP contribution in [-0.4, -0.2) is 4.92 Å². The highest BCUT2D eigenvalue weighted by Gasteiger charge is 2.09. The molecule has 0 unspecified atom stereocenters. The molecule has 0 saturated carbocycles. The number of nitrogens with zero attached hydrogens (tertiary/aromatic N) is 1. The summed E-state index contributed by atoms with van der Waals surface area (Å²) in [5.74, 6) is -0.355. The van der Waals surface area contributed by atoms with Gasteiger partial charge in [-0.1, -0.05) is 28.1 Å². The molecule has 0 fully saturated rings. The fourth-order valence-electron chi connectivity index (χ4n) is 1.64. The maximum Gasteiger partial charge on any atom is 0.270 e. The Kier molecular flexibility index (Phi) is 4.11. The molecule has 2 aromatic rings. The summed E-state index contributed by atoms with van der Waals surface area (Å²) in [5, 5.41) is 13.6. The maximum atomic E-state index is 13.4. The summed E-state index contributed by atoms with van der Waals surface area (Å²) in [7, 11) is 0. The third kappa shape index (κ3) is 3.51. The van der Waals surface area contributed by atoms with Crippen LogP contribution in [0, 0.1) is 15.9 Å². The molecule has 19 heavy (non-hydrogen) atoms. The zero-order valence-corrected chi connectivity index (χ0v) is 11.4. The molecule has 0 radical (unpaired) electrons. The number of nitrogens with one attached hydrogen (secondary N) is 1. The van der Waals surface area contributed by atoms with Crippen molar-refractivity contribution in [3.05, 3.63) is 68.4 Å². The van der Waals surface area contributed by atoms with Crippen LogP contribution in [-0.2, 0) is 6.54 Å². The van der Waals surface area contributed by atoms with Crippen LogP contribution in [0.5, 0.6) is 0 Å². The van der Waals surface area contributed by atoms with Crippen LogP contribution in [0.3, 0.4) is 0 Å². The number of non-ortho nitro benzene ring substituents is 1. The number of halogens is 2. The van der Waals surface area contributed by atoms with E-state index in [1.807, 2.05) is 0 Å². The molecule has 4 nitrogen and oxygen atoms in total. The van der Waals surface area contributed by atoms with Crippen LogP contribution < -0.4 is 5.32 Å². The van der Waals surface area contributed by atoms with E-state index in [1.165, 1.54) is 18.2 Å². The van der Waals surface area contributed by atoms with E-state index in [-0.39, 0.29) is 11.5 Å². The van der Waals surface area contributed by atoms with E-state index < -0.39 is 4.92 Å². The molecule has 1 N–H and O–H groups in total. The van der Waals surface area contributed by atoms with Gasteiger partial charge in [-0.3, -0.25) is 10.1 Å². The van der Waals surface area contributed by atoms with E-state index in [0.29, 0.717) is 22.3 Å². The Balaban J connectivity index is 2.16. The molecule has 0 aliphatic heterocycles. The second-order valence-electron chi connectivity index (χ2n) is 3.91. The van der Waals surface area contributed by atoms with Crippen molar-refractivity contribution in [3.63, 3.8) is 0 Å². The molecule has 0 atom stereocenters. The number of benzene rings is 2. The van der Waals surface area contributed by atoms with Crippen LogP contribution in [0.1, 0.15) is 5.56 Å². The predicted octanol–water partition coefficient (Wildman–Crippen LogP) is 4.11. The Morgan fingerprint density at radius 2 is 2.00 bits per heavy atom. The number of nitro benzene ring substituents is 1. The Labute approximate surface area is 117 Å². The van der Waals surface area contributed by atoms with Gasteiger partial charge in [0.15, 0.2) is 0 Å². The highest BCUT2D eigenvalue weighted by atomic mass is 79.9. The van der Waals surface area contributed by atoms with E-state index in [1.54, 1.807) is 24.3 Å². The fourth-order valence-corrected chi connectivity index (χ4v) is 2.17. The molecule has 0 aliphatic rings. The van der Waals surface area contributed by atoms with Gasteiger partial charge in [-0.2, -0.15) is 0 Å². The van der Waals surface area contributed by atoms with Crippen molar-refractivity contribution < 1.29 is 9.31 Å². The number of hydrogen-bond donors (Lipinski definition) is 1. The lowest BCUT2D eigenvalue weighted by molar-refractivity contribution is -0.385. The monoisotopic (exact) mass is 324 g/mol. The van der Waals surface area contributed by atoms with Crippen molar-refractivity contribution in [1.29, 1.82) is 0 Å². The van der Waals surface area contributed by atoms with Gasteiger partial charge in [0.2, 0.25) is 0 Å². The Bertz CT molecular complexity index is 619. The van der Waals surface area contributed by atoms with Crippen molar-refractivity contribution in [2.24, 2.45) is 0 Å². The summed E-state index contributed by atoms with van der Waals surface area (Å²) < 4.78 is 14.0. The van der Waals surface area contributed by atoms with Crippen LogP contribution in [0.2, 0.25) is 0 Å². The molecular formula is C13H10BrFN2O2. The average Bonchev–Trinajstić information content (AvgIpc) is 2.37. The first-order chi connectivity index (χ1) is 9.06. The van der Waals surface area contributed by atoms with E-state index in [2.05, 4.69) is 21.2 Å². The quantitative estimate of drug-likeness (QED) is 0.680. The molecule has 2 rings (SSSR count). The Morgan fingerprint density at radius 3 is 2.68 bits per heavy atom. The molecule has 98 valence electrons. The second kappa shape index (κ2) is 5.79. The van der Waals surface area contributed by atoms with Gasteiger partial charge >= 0.3 is 0 Å². The largest absolute Gasteiger partial charge is 0.379 e. The van der Waals surface area contributed by atoms with Gasteiger partial charge in [-0.05, 0) is 23.8 Å². The molecule has 0 amide bonds. The van der Waals surface area contributed by atoms with Gasteiger partial charge in [0.25, 0.3) is 5.69 Å². The van der Waals surface area contributed by atoms with Crippen molar-refractivity contribution in [2.45, 2.75) is 6.54 Å². The molecule has 0 aliphatic carbocycles. The molecular weight excluding hydrogens is 315 g/mol. The minimum Gasteiger partial charge on any atom is -0.379 e. The van der Waals surface area contributed by atoms with Crippen LogP contribution in [0.4, 0.5) is 15.8 Å². The average molecular weight is 325 g/mol. The molecule has 0 bridgehead atoms. The van der Waals surface area contributed by atoms with Crippen LogP contribution >= 0.6 is 15.9 Å². The lowest BCUT2D eigenvalue weighted by Crippen LogP contribution is -2.02. The molecule has 6 heteroatoms. The van der Waals surface area contributed by atoms with Gasteiger partial charge in [0.1, 0.15) is 5.82 Å². The first kappa shape index (κ1) is 13.5. The van der Waals surface area contributed by atoms with Crippen molar-refractivity contribution in [2.75, 3.05) is 5.32 Å². The topological polar surface area (TPSA) is 55.2 Å². The van der Waals surface area contributed by atoms with Crippen LogP contribution in [0.15, 0.2) is 46.9 Å². The molecule has 2 aromatic carbocycles. The number of para-hydroxylation sites is 1. The first-order valence-electron chi connectivity index (χ1n) is 5.48. The summed E-state index contributed by atoms with van der Waals surface area (Å²) in [6.45, 7) is 0.307. The van der Waals surface area contributed by atoms with E-state index in [9.17, 15) is 14.5 Å². The van der Waals surface area contributed by atoms with E-state index in [4.69, 9.17) is 0 Å². The lowest BCUT2D eigenvalue weighted by atomic mass is 10.2. The third-order valence-electron chi connectivity index (χ3n) is 2.51. The number of rotatable bonds is 4. The van der Waals surface area contributed by atoms with Crippen LogP contribution in [0.25, 0.3) is 0 Å². The molecule has 0 saturated heterocycles. The molecule has 0 spiro atoms. The number of anilines is 1. The minimum atomic E-state index is -0.461. The van der Waals surface area contributed by atoms with Gasteiger partial charge < -0.3 is 5.32 Å². The second-order valence-corrected chi connectivity index (χ2v) is 4.82. The van der Waals surface area contributed by atoms with Gasteiger partial charge in [0.05, 0.1) is 10.6 Å². The minimum absolute atomic E-state index is 0.000270. The number of nitro groups is 1. The van der Waals surface area contributed by atoms with Gasteiger partial charge in [0, 0.05) is 23.2 Å².